The van der Waals surface area contributed by atoms with E-state index in [1.165, 1.54) is 0 Å². The molecule has 1 unspecified atom stereocenters. The lowest BCUT2D eigenvalue weighted by Gasteiger charge is -2.36. The number of nitrogens with zero attached hydrogens (tertiary/aromatic N) is 7. The number of benzene rings is 1. The van der Waals surface area contributed by atoms with Crippen LogP contribution in [0, 0.1) is 18.3 Å². The van der Waals surface area contributed by atoms with Crippen LogP contribution in [0.2, 0.25) is 0 Å². The summed E-state index contributed by atoms with van der Waals surface area (Å²) in [6.07, 6.45) is 0. The molecule has 3 aromatic heterocycles. The van der Waals surface area contributed by atoms with Gasteiger partial charge < -0.3 is 9.47 Å². The second-order valence-corrected chi connectivity index (χ2v) is 8.02. The number of fused-ring (bicyclic) bond motifs is 4. The Morgan fingerprint density at radius 1 is 1.17 bits per heavy atom. The molecule has 29 heavy (non-hydrogen) atoms. The van der Waals surface area contributed by atoms with Crippen molar-refractivity contribution in [3.05, 3.63) is 53.1 Å². The second kappa shape index (κ2) is 6.31. The Morgan fingerprint density at radius 3 is 2.72 bits per heavy atom. The van der Waals surface area contributed by atoms with Gasteiger partial charge >= 0.3 is 0 Å². The van der Waals surface area contributed by atoms with Crippen molar-refractivity contribution in [3.63, 3.8) is 0 Å². The van der Waals surface area contributed by atoms with Crippen molar-refractivity contribution in [2.75, 3.05) is 11.4 Å². The normalized spacial score (nSPS) is 16.6. The standard InChI is InChI=1S/C22H23N7/c1-13(2)20-25-26-21-15(4)27(9-10-28(20)21)19-11-14(3)16(12-23)22-24-17-7-5-6-8-18(17)29(19)22/h5-8,11,13,15H,9-10H2,1-4H3. The van der Waals surface area contributed by atoms with Crippen LogP contribution < -0.4 is 4.90 Å². The van der Waals surface area contributed by atoms with Gasteiger partial charge in [0.15, 0.2) is 11.5 Å². The molecule has 1 aromatic carbocycles. The largest absolute Gasteiger partial charge is 0.346 e. The fraction of sp³-hybridized carbons (Fsp3) is 0.364. The summed E-state index contributed by atoms with van der Waals surface area (Å²) in [7, 11) is 0. The van der Waals surface area contributed by atoms with E-state index in [4.69, 9.17) is 4.98 Å². The molecule has 146 valence electrons. The fourth-order valence-corrected chi connectivity index (χ4v) is 4.43. The molecule has 7 heteroatoms. The highest BCUT2D eigenvalue weighted by atomic mass is 15.4. The molecule has 1 aliphatic rings. The first kappa shape index (κ1) is 17.7. The summed E-state index contributed by atoms with van der Waals surface area (Å²) in [4.78, 5) is 7.13. The Bertz CT molecular complexity index is 1290. The Balaban J connectivity index is 1.74. The van der Waals surface area contributed by atoms with Crippen molar-refractivity contribution in [1.29, 1.82) is 5.26 Å². The Labute approximate surface area is 169 Å². The van der Waals surface area contributed by atoms with Crippen LogP contribution in [-0.2, 0) is 6.54 Å². The smallest absolute Gasteiger partial charge is 0.157 e. The predicted octanol–water partition coefficient (Wildman–Crippen LogP) is 3.96. The first-order chi connectivity index (χ1) is 14.0. The number of hydrogen-bond acceptors (Lipinski definition) is 5. The van der Waals surface area contributed by atoms with Gasteiger partial charge in [-0.05, 0) is 37.6 Å². The maximum absolute atomic E-state index is 9.74. The van der Waals surface area contributed by atoms with Gasteiger partial charge in [-0.1, -0.05) is 26.0 Å². The maximum atomic E-state index is 9.74. The number of aromatic nitrogens is 5. The third-order valence-corrected chi connectivity index (χ3v) is 5.89. The quantitative estimate of drug-likeness (QED) is 0.522. The number of para-hydroxylation sites is 2. The van der Waals surface area contributed by atoms with Gasteiger partial charge in [0.05, 0.1) is 22.6 Å². The van der Waals surface area contributed by atoms with Gasteiger partial charge in [0.2, 0.25) is 0 Å². The summed E-state index contributed by atoms with van der Waals surface area (Å²) < 4.78 is 4.37. The predicted molar refractivity (Wildman–Crippen MR) is 112 cm³/mol. The summed E-state index contributed by atoms with van der Waals surface area (Å²) in [5.41, 5.74) is 4.18. The molecular weight excluding hydrogens is 362 g/mol. The van der Waals surface area contributed by atoms with Gasteiger partial charge in [-0.2, -0.15) is 5.26 Å². The minimum atomic E-state index is 0.0699. The van der Waals surface area contributed by atoms with Crippen LogP contribution in [0.25, 0.3) is 16.7 Å². The number of hydrogen-bond donors (Lipinski definition) is 0. The van der Waals surface area contributed by atoms with Gasteiger partial charge in [0.1, 0.15) is 17.7 Å². The minimum Gasteiger partial charge on any atom is -0.346 e. The maximum Gasteiger partial charge on any atom is 0.157 e. The lowest BCUT2D eigenvalue weighted by atomic mass is 10.1. The van der Waals surface area contributed by atoms with Gasteiger partial charge in [0, 0.05) is 19.0 Å². The van der Waals surface area contributed by atoms with Crippen LogP contribution in [0.15, 0.2) is 30.3 Å². The molecular formula is C22H23N7. The van der Waals surface area contributed by atoms with Crippen molar-refractivity contribution in [2.24, 2.45) is 0 Å². The summed E-state index contributed by atoms with van der Waals surface area (Å²) >= 11 is 0. The van der Waals surface area contributed by atoms with Crippen LogP contribution in [-0.4, -0.2) is 30.7 Å². The SMILES string of the molecule is Cc1cc(N2CCn3c(C(C)C)nnc3C2C)n2c(nc3ccccc32)c1C#N. The third-order valence-electron chi connectivity index (χ3n) is 5.89. The Kier molecular flexibility index (Phi) is 3.85. The molecule has 7 nitrogen and oxygen atoms in total. The molecule has 0 amide bonds. The molecule has 0 bridgehead atoms. The Morgan fingerprint density at radius 2 is 1.97 bits per heavy atom. The van der Waals surface area contributed by atoms with Crippen LogP contribution in [0.3, 0.4) is 0 Å². The van der Waals surface area contributed by atoms with Crippen molar-refractivity contribution >= 4 is 22.5 Å². The van der Waals surface area contributed by atoms with E-state index >= 15 is 0 Å². The topological polar surface area (TPSA) is 75.0 Å². The number of aryl methyl sites for hydroxylation is 1. The van der Waals surface area contributed by atoms with E-state index in [1.54, 1.807) is 0 Å². The number of anilines is 1. The van der Waals surface area contributed by atoms with Gasteiger partial charge in [-0.25, -0.2) is 4.98 Å². The van der Waals surface area contributed by atoms with E-state index in [9.17, 15) is 5.26 Å². The molecule has 0 radical (unpaired) electrons. The fourth-order valence-electron chi connectivity index (χ4n) is 4.43. The number of nitriles is 1. The van der Waals surface area contributed by atoms with E-state index in [0.29, 0.717) is 17.1 Å². The van der Waals surface area contributed by atoms with Gasteiger partial charge in [-0.3, -0.25) is 4.40 Å². The zero-order valence-electron chi connectivity index (χ0n) is 17.1. The zero-order valence-corrected chi connectivity index (χ0v) is 17.1. The van der Waals surface area contributed by atoms with E-state index < -0.39 is 0 Å². The van der Waals surface area contributed by atoms with Crippen LogP contribution in [0.5, 0.6) is 0 Å². The van der Waals surface area contributed by atoms with E-state index in [1.807, 2.05) is 25.1 Å². The molecule has 0 aliphatic carbocycles. The van der Waals surface area contributed by atoms with Gasteiger partial charge in [-0.15, -0.1) is 10.2 Å². The molecule has 4 heterocycles. The van der Waals surface area contributed by atoms with Gasteiger partial charge in [0.25, 0.3) is 0 Å². The molecule has 1 aliphatic heterocycles. The average Bonchev–Trinajstić information content (AvgIpc) is 3.30. The lowest BCUT2D eigenvalue weighted by molar-refractivity contribution is 0.476. The third kappa shape index (κ3) is 2.45. The lowest BCUT2D eigenvalue weighted by Crippen LogP contribution is -2.38. The molecule has 0 fully saturated rings. The second-order valence-electron chi connectivity index (χ2n) is 8.02. The number of pyridine rings is 1. The van der Waals surface area contributed by atoms with E-state index in [2.05, 4.69) is 63.0 Å². The highest BCUT2D eigenvalue weighted by Gasteiger charge is 2.31. The number of rotatable bonds is 2. The van der Waals surface area contributed by atoms with Crippen molar-refractivity contribution in [1.82, 2.24) is 24.1 Å². The molecule has 0 saturated carbocycles. The summed E-state index contributed by atoms with van der Waals surface area (Å²) in [5.74, 6) is 3.41. The molecule has 1 atom stereocenters. The Hall–Kier alpha value is -3.40. The molecule has 4 aromatic rings. The summed E-state index contributed by atoms with van der Waals surface area (Å²) in [6, 6.07) is 12.6. The van der Waals surface area contributed by atoms with E-state index in [0.717, 1.165) is 47.2 Å². The highest BCUT2D eigenvalue weighted by molar-refractivity contribution is 5.85. The molecule has 5 rings (SSSR count). The minimum absolute atomic E-state index is 0.0699. The molecule has 0 N–H and O–H groups in total. The summed E-state index contributed by atoms with van der Waals surface area (Å²) in [6.45, 7) is 10.1. The van der Waals surface area contributed by atoms with Crippen molar-refractivity contribution in [2.45, 2.75) is 46.2 Å². The van der Waals surface area contributed by atoms with Crippen molar-refractivity contribution in [3.8, 4) is 6.07 Å². The van der Waals surface area contributed by atoms with Crippen LogP contribution >= 0.6 is 0 Å². The monoisotopic (exact) mass is 385 g/mol. The zero-order chi connectivity index (χ0) is 20.3. The highest BCUT2D eigenvalue weighted by Crippen LogP contribution is 2.35. The van der Waals surface area contributed by atoms with E-state index in [-0.39, 0.29) is 6.04 Å². The average molecular weight is 385 g/mol. The molecule has 0 saturated heterocycles. The first-order valence-corrected chi connectivity index (χ1v) is 10.0. The number of imidazole rings is 1. The van der Waals surface area contributed by atoms with Crippen LogP contribution in [0.4, 0.5) is 5.82 Å². The van der Waals surface area contributed by atoms with Crippen molar-refractivity contribution < 1.29 is 0 Å². The van der Waals surface area contributed by atoms with Crippen LogP contribution in [0.1, 0.15) is 55.5 Å². The summed E-state index contributed by atoms with van der Waals surface area (Å²) in [5, 5.41) is 18.7. The molecule has 0 spiro atoms. The first-order valence-electron chi connectivity index (χ1n) is 10.0.